The molecule has 22 heavy (non-hydrogen) atoms. The zero-order valence-electron chi connectivity index (χ0n) is 12.3. The molecule has 0 amide bonds. The number of carbonyl (C=O) groups is 1. The molecule has 112 valence electrons. The zero-order valence-corrected chi connectivity index (χ0v) is 12.3. The Morgan fingerprint density at radius 3 is 2.86 bits per heavy atom. The number of aryl methyl sites for hydroxylation is 1. The van der Waals surface area contributed by atoms with Crippen LogP contribution in [0.25, 0.3) is 11.1 Å². The average Bonchev–Trinajstić information content (AvgIpc) is 2.87. The van der Waals surface area contributed by atoms with Crippen LogP contribution in [0.3, 0.4) is 0 Å². The number of carbonyl (C=O) groups excluding carboxylic acids is 1. The van der Waals surface area contributed by atoms with Crippen molar-refractivity contribution in [2.75, 3.05) is 6.61 Å². The third-order valence-electron chi connectivity index (χ3n) is 3.06. The zero-order chi connectivity index (χ0) is 15.5. The van der Waals surface area contributed by atoms with Gasteiger partial charge in [0.1, 0.15) is 17.0 Å². The Kier molecular flexibility index (Phi) is 3.78. The first-order valence-corrected chi connectivity index (χ1v) is 6.98. The Morgan fingerprint density at radius 1 is 1.18 bits per heavy atom. The van der Waals surface area contributed by atoms with Crippen molar-refractivity contribution in [3.63, 3.8) is 0 Å². The van der Waals surface area contributed by atoms with Gasteiger partial charge in [0, 0.05) is 13.0 Å². The maximum absolute atomic E-state index is 12.2. The quantitative estimate of drug-likeness (QED) is 0.542. The lowest BCUT2D eigenvalue weighted by atomic mass is 10.2. The third kappa shape index (κ3) is 2.93. The summed E-state index contributed by atoms with van der Waals surface area (Å²) >= 11 is 0. The molecule has 0 aliphatic rings. The Bertz CT molecular complexity index is 822. The maximum atomic E-state index is 12.2. The summed E-state index contributed by atoms with van der Waals surface area (Å²) in [4.78, 5) is 16.4. The van der Waals surface area contributed by atoms with Gasteiger partial charge in [-0.05, 0) is 37.3 Å². The number of esters is 1. The predicted octanol–water partition coefficient (Wildman–Crippen LogP) is 3.75. The van der Waals surface area contributed by atoms with E-state index in [1.165, 1.54) is 0 Å². The second kappa shape index (κ2) is 5.89. The van der Waals surface area contributed by atoms with Crippen LogP contribution in [0.15, 0.2) is 46.9 Å². The third-order valence-corrected chi connectivity index (χ3v) is 3.06. The highest BCUT2D eigenvalue weighted by Crippen LogP contribution is 2.22. The number of hydrogen-bond donors (Lipinski definition) is 0. The average molecular weight is 297 g/mol. The van der Waals surface area contributed by atoms with Gasteiger partial charge in [0.2, 0.25) is 0 Å². The fourth-order valence-corrected chi connectivity index (χ4v) is 2.13. The lowest BCUT2D eigenvalue weighted by Crippen LogP contribution is -2.08. The largest absolute Gasteiger partial charge is 0.494 e. The van der Waals surface area contributed by atoms with E-state index in [0.717, 1.165) is 0 Å². The molecule has 0 aliphatic heterocycles. The van der Waals surface area contributed by atoms with E-state index < -0.39 is 5.97 Å². The number of oxazole rings is 1. The maximum Gasteiger partial charge on any atom is 0.343 e. The Hall–Kier alpha value is -2.82. The van der Waals surface area contributed by atoms with Gasteiger partial charge in [0.25, 0.3) is 0 Å². The summed E-state index contributed by atoms with van der Waals surface area (Å²) in [6.45, 7) is 4.20. The van der Waals surface area contributed by atoms with E-state index in [0.29, 0.717) is 40.7 Å². The minimum atomic E-state index is -0.443. The van der Waals surface area contributed by atoms with Crippen molar-refractivity contribution >= 4 is 17.1 Å². The molecule has 2 aromatic carbocycles. The summed E-state index contributed by atoms with van der Waals surface area (Å²) < 4.78 is 16.1. The van der Waals surface area contributed by atoms with E-state index in [4.69, 9.17) is 13.9 Å². The van der Waals surface area contributed by atoms with Crippen LogP contribution in [0, 0.1) is 6.92 Å². The highest BCUT2D eigenvalue weighted by atomic mass is 16.5. The van der Waals surface area contributed by atoms with Gasteiger partial charge in [0.15, 0.2) is 11.5 Å². The monoisotopic (exact) mass is 297 g/mol. The summed E-state index contributed by atoms with van der Waals surface area (Å²) in [6, 6.07) is 12.0. The molecule has 0 aliphatic carbocycles. The number of ether oxygens (including phenoxy) is 2. The van der Waals surface area contributed by atoms with Gasteiger partial charge in [-0.3, -0.25) is 0 Å². The smallest absolute Gasteiger partial charge is 0.343 e. The molecule has 0 fully saturated rings. The van der Waals surface area contributed by atoms with E-state index in [1.807, 2.05) is 6.92 Å². The minimum Gasteiger partial charge on any atom is -0.494 e. The molecule has 5 heteroatoms. The Labute approximate surface area is 127 Å². The standard InChI is InChI=1S/C17H15NO4/c1-3-20-13-6-4-5-12(9-13)17(19)22-14-7-8-16-15(10-14)18-11(2)21-16/h4-10H,3H2,1-2H3. The first-order valence-electron chi connectivity index (χ1n) is 6.98. The van der Waals surface area contributed by atoms with Crippen molar-refractivity contribution in [1.29, 1.82) is 0 Å². The Morgan fingerprint density at radius 2 is 2.05 bits per heavy atom. The molecule has 0 N–H and O–H groups in total. The highest BCUT2D eigenvalue weighted by molar-refractivity contribution is 5.92. The topological polar surface area (TPSA) is 61.6 Å². The van der Waals surface area contributed by atoms with Crippen LogP contribution < -0.4 is 9.47 Å². The van der Waals surface area contributed by atoms with Crippen molar-refractivity contribution in [3.8, 4) is 11.5 Å². The van der Waals surface area contributed by atoms with Crippen molar-refractivity contribution < 1.29 is 18.7 Å². The lowest BCUT2D eigenvalue weighted by molar-refractivity contribution is 0.0734. The van der Waals surface area contributed by atoms with E-state index in [1.54, 1.807) is 49.4 Å². The van der Waals surface area contributed by atoms with Crippen molar-refractivity contribution in [1.82, 2.24) is 4.98 Å². The first kappa shape index (κ1) is 14.1. The Balaban J connectivity index is 1.81. The van der Waals surface area contributed by atoms with Gasteiger partial charge in [-0.1, -0.05) is 6.07 Å². The summed E-state index contributed by atoms with van der Waals surface area (Å²) in [5.74, 6) is 1.19. The van der Waals surface area contributed by atoms with Gasteiger partial charge in [-0.2, -0.15) is 0 Å². The van der Waals surface area contributed by atoms with E-state index in [-0.39, 0.29) is 0 Å². The minimum absolute atomic E-state index is 0.424. The van der Waals surface area contributed by atoms with Gasteiger partial charge in [-0.25, -0.2) is 9.78 Å². The van der Waals surface area contributed by atoms with Gasteiger partial charge in [-0.15, -0.1) is 0 Å². The van der Waals surface area contributed by atoms with E-state index in [9.17, 15) is 4.79 Å². The van der Waals surface area contributed by atoms with Crippen molar-refractivity contribution in [3.05, 3.63) is 53.9 Å². The van der Waals surface area contributed by atoms with Gasteiger partial charge >= 0.3 is 5.97 Å². The summed E-state index contributed by atoms with van der Waals surface area (Å²) in [7, 11) is 0. The fourth-order valence-electron chi connectivity index (χ4n) is 2.13. The molecule has 0 spiro atoms. The summed E-state index contributed by atoms with van der Waals surface area (Å²) in [5.41, 5.74) is 1.75. The normalized spacial score (nSPS) is 10.6. The number of hydrogen-bond acceptors (Lipinski definition) is 5. The van der Waals surface area contributed by atoms with Crippen molar-refractivity contribution in [2.45, 2.75) is 13.8 Å². The SMILES string of the molecule is CCOc1cccc(C(=O)Oc2ccc3oc(C)nc3c2)c1. The van der Waals surface area contributed by atoms with Crippen LogP contribution in [0.4, 0.5) is 0 Å². The number of fused-ring (bicyclic) bond motifs is 1. The molecule has 1 heterocycles. The molecule has 0 atom stereocenters. The second-order valence-corrected chi connectivity index (χ2v) is 4.71. The molecular formula is C17H15NO4. The number of nitrogens with zero attached hydrogens (tertiary/aromatic N) is 1. The van der Waals surface area contributed by atoms with Crippen LogP contribution in [-0.2, 0) is 0 Å². The van der Waals surface area contributed by atoms with E-state index in [2.05, 4.69) is 4.98 Å². The molecule has 0 radical (unpaired) electrons. The molecule has 3 aromatic rings. The van der Waals surface area contributed by atoms with Gasteiger partial charge < -0.3 is 13.9 Å². The number of rotatable bonds is 4. The summed E-state index contributed by atoms with van der Waals surface area (Å²) in [6.07, 6.45) is 0. The van der Waals surface area contributed by atoms with Crippen LogP contribution in [0.2, 0.25) is 0 Å². The first-order chi connectivity index (χ1) is 10.7. The van der Waals surface area contributed by atoms with E-state index >= 15 is 0 Å². The summed E-state index contributed by atoms with van der Waals surface area (Å²) in [5, 5.41) is 0. The highest BCUT2D eigenvalue weighted by Gasteiger charge is 2.11. The number of benzene rings is 2. The molecule has 1 aromatic heterocycles. The molecule has 0 saturated heterocycles. The number of aromatic nitrogens is 1. The van der Waals surface area contributed by atoms with Crippen LogP contribution in [0.5, 0.6) is 11.5 Å². The van der Waals surface area contributed by atoms with Crippen LogP contribution in [-0.4, -0.2) is 17.6 Å². The van der Waals surface area contributed by atoms with Crippen LogP contribution >= 0.6 is 0 Å². The van der Waals surface area contributed by atoms with Gasteiger partial charge in [0.05, 0.1) is 12.2 Å². The fraction of sp³-hybridized carbons (Fsp3) is 0.176. The second-order valence-electron chi connectivity index (χ2n) is 4.71. The molecule has 3 rings (SSSR count). The molecule has 0 unspecified atom stereocenters. The van der Waals surface area contributed by atoms with Crippen LogP contribution in [0.1, 0.15) is 23.2 Å². The molecular weight excluding hydrogens is 282 g/mol. The van der Waals surface area contributed by atoms with Crippen molar-refractivity contribution in [2.24, 2.45) is 0 Å². The molecule has 0 saturated carbocycles. The molecule has 0 bridgehead atoms. The lowest BCUT2D eigenvalue weighted by Gasteiger charge is -2.06. The molecule has 5 nitrogen and oxygen atoms in total. The predicted molar refractivity (Wildman–Crippen MR) is 81.3 cm³/mol.